The van der Waals surface area contributed by atoms with E-state index in [1.165, 1.54) is 0 Å². The van der Waals surface area contributed by atoms with Gasteiger partial charge in [-0.1, -0.05) is 109 Å². The number of benzene rings is 4. The molecule has 123 heavy (non-hydrogen) atoms. The minimum atomic E-state index is -0.101. The van der Waals surface area contributed by atoms with Gasteiger partial charge in [0, 0.05) is 254 Å². The summed E-state index contributed by atoms with van der Waals surface area (Å²) >= 11 is 0. The highest BCUT2D eigenvalue weighted by Gasteiger charge is 2.20. The number of nitrogens with zero attached hydrogens (tertiary/aromatic N) is 6. The van der Waals surface area contributed by atoms with Crippen molar-refractivity contribution in [3.05, 3.63) is 141 Å². The van der Waals surface area contributed by atoms with E-state index in [1.54, 1.807) is 0 Å². The molecule has 33 nitrogen and oxygen atoms in total. The molecule has 0 heterocycles. The molecule has 0 aliphatic rings. The van der Waals surface area contributed by atoms with Crippen LogP contribution in [0.2, 0.25) is 0 Å². The maximum Gasteiger partial charge on any atom is 0.221 e. The van der Waals surface area contributed by atoms with Crippen molar-refractivity contribution in [3.8, 4) is 0 Å². The molecular weight excluding hydrogens is 1560 g/mol. The smallest absolute Gasteiger partial charge is 0.221 e. The molecule has 4 aromatic rings. The van der Waals surface area contributed by atoms with Crippen molar-refractivity contribution in [2.45, 2.75) is 116 Å². The van der Waals surface area contributed by atoms with E-state index in [2.05, 4.69) is 205 Å². The lowest BCUT2D eigenvalue weighted by Gasteiger charge is -2.28. The fourth-order valence-electron chi connectivity index (χ4n) is 13.0. The van der Waals surface area contributed by atoms with Crippen LogP contribution in [-0.2, 0) is 62.8 Å². The van der Waals surface area contributed by atoms with Gasteiger partial charge in [0.25, 0.3) is 0 Å². The number of hydrogen-bond donors (Lipinski definition) is 18. The maximum atomic E-state index is 13.0. The molecule has 0 aromatic heterocycles. The van der Waals surface area contributed by atoms with Crippen LogP contribution in [-0.4, -0.2) is 299 Å². The van der Waals surface area contributed by atoms with Crippen LogP contribution in [0.4, 0.5) is 0 Å². The van der Waals surface area contributed by atoms with Crippen LogP contribution < -0.4 is 99.5 Å². The van der Waals surface area contributed by atoms with Gasteiger partial charge in [0.2, 0.25) is 53.2 Å². The Labute approximate surface area is 731 Å². The first kappa shape index (κ1) is 106. The third-order valence-electron chi connectivity index (χ3n) is 20.3. The molecule has 0 unspecified atom stereocenters. The molecule has 0 radical (unpaired) electrons. The third kappa shape index (κ3) is 52.8. The van der Waals surface area contributed by atoms with Gasteiger partial charge in [0.15, 0.2) is 0 Å². The van der Waals surface area contributed by atoms with Crippen molar-refractivity contribution in [3.63, 3.8) is 0 Å². The number of amides is 9. The normalized spacial score (nSPS) is 11.6. The fraction of sp³-hybridized carbons (Fsp3) is 0.567. The summed E-state index contributed by atoms with van der Waals surface area (Å²) < 4.78 is 0. The first-order valence-corrected chi connectivity index (χ1v) is 44.3. The predicted octanol–water partition coefficient (Wildman–Crippen LogP) is 0.0354. The van der Waals surface area contributed by atoms with Crippen molar-refractivity contribution in [1.29, 1.82) is 0 Å². The molecule has 0 saturated carbocycles. The van der Waals surface area contributed by atoms with Crippen LogP contribution in [0, 0.1) is 0 Å². The Balaban J connectivity index is 1.71. The van der Waals surface area contributed by atoms with Crippen LogP contribution in [0.15, 0.2) is 91.0 Å². The molecule has 0 saturated heterocycles. The molecule has 0 spiro atoms. The summed E-state index contributed by atoms with van der Waals surface area (Å²) in [6.07, 6.45) is 18.9. The average Bonchev–Trinajstić information content (AvgIpc) is 0.801. The maximum absolute atomic E-state index is 13.0. The van der Waals surface area contributed by atoms with E-state index in [0.717, 1.165) is 50.1 Å². The van der Waals surface area contributed by atoms with Crippen molar-refractivity contribution in [2.24, 2.45) is 51.6 Å². The number of hydrogen-bond acceptors (Lipinski definition) is 24. The number of carbonyl (C=O) groups excluding carboxylic acids is 9. The zero-order valence-electron chi connectivity index (χ0n) is 73.2. The van der Waals surface area contributed by atoms with Crippen molar-refractivity contribution >= 4 is 89.6 Å². The first-order chi connectivity index (χ1) is 59.8. The van der Waals surface area contributed by atoms with Crippen molar-refractivity contribution in [1.82, 2.24) is 77.3 Å². The Morgan fingerprint density at radius 1 is 0.203 bits per heavy atom. The zero-order valence-corrected chi connectivity index (χ0v) is 73.2. The second-order valence-electron chi connectivity index (χ2n) is 30.6. The Morgan fingerprint density at radius 2 is 0.366 bits per heavy atom. The SMILES string of the molecule is NCCCNC(=O)CCN(CCC(=O)NCCCN)CCN(CCC(=O)NCCN)Cc1ccc(/C=C/c2cc(/C=C/c3ccc(CN(CCC(=O)NCCN)CCN(CCC(=O)NCCCN)CCC(=O)NCCCN)cc3)cc(/C=C/c3ccc(CN(CCC(=O)NCCN)CCN(CCC(=O)NCCCN)CCC(=O)NCCCN)cc3)c2)cc1. The molecular formula is C90H150N24O9. The van der Waals surface area contributed by atoms with Crippen LogP contribution in [0.3, 0.4) is 0 Å². The third-order valence-corrected chi connectivity index (χ3v) is 20.3. The fourth-order valence-corrected chi connectivity index (χ4v) is 13.0. The summed E-state index contributed by atoms with van der Waals surface area (Å²) in [5.41, 5.74) is 60.1. The highest BCUT2D eigenvalue weighted by Crippen LogP contribution is 2.22. The van der Waals surface area contributed by atoms with E-state index in [-0.39, 0.29) is 111 Å². The second kappa shape index (κ2) is 68.1. The molecule has 0 aliphatic heterocycles. The van der Waals surface area contributed by atoms with Gasteiger partial charge in [-0.2, -0.15) is 0 Å². The van der Waals surface area contributed by atoms with Crippen LogP contribution in [0.5, 0.6) is 0 Å². The van der Waals surface area contributed by atoms with E-state index in [4.69, 9.17) is 51.6 Å². The largest absolute Gasteiger partial charge is 0.356 e. The molecule has 0 atom stereocenters. The van der Waals surface area contributed by atoms with Crippen LogP contribution in [0.25, 0.3) is 36.5 Å². The topological polar surface area (TPSA) is 516 Å². The Kier molecular flexibility index (Phi) is 58.7. The summed E-state index contributed by atoms with van der Waals surface area (Å²) in [6.45, 7) is 16.9. The lowest BCUT2D eigenvalue weighted by Crippen LogP contribution is -2.40. The number of nitrogens with one attached hydrogen (secondary N) is 9. The molecule has 0 fully saturated rings. The highest BCUT2D eigenvalue weighted by molar-refractivity contribution is 5.81. The van der Waals surface area contributed by atoms with E-state index >= 15 is 0 Å². The van der Waals surface area contributed by atoms with Gasteiger partial charge in [0.1, 0.15) is 0 Å². The summed E-state index contributed by atoms with van der Waals surface area (Å²) in [5, 5.41) is 26.3. The van der Waals surface area contributed by atoms with Gasteiger partial charge in [-0.05, 0) is 146 Å². The lowest BCUT2D eigenvalue weighted by molar-refractivity contribution is -0.123. The zero-order chi connectivity index (χ0) is 89.1. The molecule has 33 heteroatoms. The minimum absolute atomic E-state index is 0.0851. The highest BCUT2D eigenvalue weighted by atomic mass is 16.2. The summed E-state index contributed by atoms with van der Waals surface area (Å²) in [4.78, 5) is 129. The molecule has 0 aliphatic carbocycles. The summed E-state index contributed by atoms with van der Waals surface area (Å²) in [5.74, 6) is -0.814. The first-order valence-electron chi connectivity index (χ1n) is 44.3. The second-order valence-corrected chi connectivity index (χ2v) is 30.6. The monoisotopic (exact) mass is 1710 g/mol. The predicted molar refractivity (Wildman–Crippen MR) is 496 cm³/mol. The van der Waals surface area contributed by atoms with Gasteiger partial charge in [-0.15, -0.1) is 0 Å². The van der Waals surface area contributed by atoms with Crippen LogP contribution >= 0.6 is 0 Å². The Morgan fingerprint density at radius 3 is 0.545 bits per heavy atom. The molecule has 4 aromatic carbocycles. The number of nitrogens with two attached hydrogens (primary N) is 9. The average molecular weight is 1710 g/mol. The van der Waals surface area contributed by atoms with E-state index < -0.39 is 0 Å². The molecule has 0 bridgehead atoms. The Hall–Kier alpha value is -9.27. The van der Waals surface area contributed by atoms with Gasteiger partial charge >= 0.3 is 0 Å². The van der Waals surface area contributed by atoms with Crippen LogP contribution in [0.1, 0.15) is 146 Å². The number of rotatable bonds is 72. The summed E-state index contributed by atoms with van der Waals surface area (Å²) in [7, 11) is 0. The standard InChI is InChI=1S/C90H150N24O9/c91-34-1-43-100-82(115)25-52-109(53-26-83(116)101-44-2-35-92)61-64-112(58-31-88(121)106-49-40-97)70-76-16-7-73(8-17-76)13-22-79-67-80(23-14-74-9-18-77(19-10-74)71-113(59-32-89(122)107-50-41-98)65-62-110(54-27-84(117)102-45-3-36-93)55-28-85(118)103-46-4-37-94)69-81(68-79)24-15-75-11-20-78(21-12-75)72-114(60-33-90(123)108-51-42-99)66-63-111(56-29-86(119)104-47-5-38-95)57-30-87(120)105-48-6-39-96/h7-24,67-69H,1-6,25-66,70-72,91-99H2,(H,100,115)(H,101,116)(H,102,117)(H,103,118)(H,104,119)(H,105,120)(H,106,121)(H,107,122)(H,108,123)/b22-13+,23-14+,24-15+. The molecule has 27 N–H and O–H groups in total. The molecule has 9 amide bonds. The van der Waals surface area contributed by atoms with E-state index in [1.807, 2.05) is 0 Å². The summed E-state index contributed by atoms with van der Waals surface area (Å²) in [6, 6.07) is 31.4. The van der Waals surface area contributed by atoms with Gasteiger partial charge < -0.3 is 114 Å². The van der Waals surface area contributed by atoms with Gasteiger partial charge in [-0.25, -0.2) is 0 Å². The van der Waals surface area contributed by atoms with Crippen molar-refractivity contribution in [2.75, 3.05) is 216 Å². The number of carbonyl (C=O) groups is 9. The van der Waals surface area contributed by atoms with Gasteiger partial charge in [0.05, 0.1) is 0 Å². The molecule has 684 valence electrons. The Bertz CT molecular complexity index is 3240. The van der Waals surface area contributed by atoms with Gasteiger partial charge in [-0.3, -0.25) is 57.9 Å². The quantitative estimate of drug-likeness (QED) is 0.0205. The molecule has 4 rings (SSSR count). The minimum Gasteiger partial charge on any atom is -0.356 e. The van der Waals surface area contributed by atoms with E-state index in [9.17, 15) is 43.2 Å². The lowest BCUT2D eigenvalue weighted by atomic mass is 10.0. The van der Waals surface area contributed by atoms with E-state index in [0.29, 0.717) is 274 Å². The van der Waals surface area contributed by atoms with Crippen molar-refractivity contribution < 1.29 is 43.2 Å².